The molecule has 0 saturated carbocycles. The fraction of sp³-hybridized carbons (Fsp3) is 0.200. The molecule has 1 fully saturated rings. The Kier molecular flexibility index (Phi) is 6.90. The average Bonchev–Trinajstić information content (AvgIpc) is 2.97. The zero-order valence-electron chi connectivity index (χ0n) is 15.6. The molecule has 0 unspecified atom stereocenters. The Labute approximate surface area is 177 Å². The van der Waals surface area contributed by atoms with Gasteiger partial charge in [0, 0.05) is 24.3 Å². The van der Waals surface area contributed by atoms with Gasteiger partial charge in [-0.3, -0.25) is 19.3 Å². The number of thioether (sulfide) groups is 1. The normalized spacial score (nSPS) is 15.1. The van der Waals surface area contributed by atoms with E-state index in [1.807, 2.05) is 0 Å². The second-order valence-electron chi connectivity index (χ2n) is 5.93. The van der Waals surface area contributed by atoms with Crippen molar-refractivity contribution in [3.8, 4) is 5.88 Å². The fourth-order valence-electron chi connectivity index (χ4n) is 2.59. The van der Waals surface area contributed by atoms with Crippen molar-refractivity contribution < 1.29 is 19.1 Å². The molecular formula is C20H18ClN3O4S. The van der Waals surface area contributed by atoms with Crippen LogP contribution in [0.1, 0.15) is 22.8 Å². The van der Waals surface area contributed by atoms with Gasteiger partial charge in [0.05, 0.1) is 11.5 Å². The molecule has 1 aromatic carbocycles. The van der Waals surface area contributed by atoms with Crippen molar-refractivity contribution in [3.05, 3.63) is 63.6 Å². The van der Waals surface area contributed by atoms with E-state index in [1.54, 1.807) is 49.4 Å². The second kappa shape index (κ2) is 9.58. The number of hydrogen-bond acceptors (Lipinski definition) is 6. The SMILES string of the molecule is CCOc1ncccc1C(=O)NCCN1C(=O)S/C(=C/c2ccc(Cl)cc2)C1=O. The van der Waals surface area contributed by atoms with Crippen LogP contribution in [-0.2, 0) is 4.79 Å². The molecule has 1 aliphatic heterocycles. The first-order chi connectivity index (χ1) is 14.0. The van der Waals surface area contributed by atoms with E-state index in [0.29, 0.717) is 22.1 Å². The first-order valence-electron chi connectivity index (χ1n) is 8.86. The van der Waals surface area contributed by atoms with Crippen molar-refractivity contribution >= 4 is 46.5 Å². The second-order valence-corrected chi connectivity index (χ2v) is 7.36. The number of amides is 3. The molecule has 1 aromatic heterocycles. The molecule has 3 amide bonds. The molecule has 1 N–H and O–H groups in total. The predicted octanol–water partition coefficient (Wildman–Crippen LogP) is 3.60. The van der Waals surface area contributed by atoms with Crippen molar-refractivity contribution in [2.75, 3.05) is 19.7 Å². The molecule has 2 aromatic rings. The summed E-state index contributed by atoms with van der Waals surface area (Å²) in [5.74, 6) is -0.532. The van der Waals surface area contributed by atoms with Crippen LogP contribution >= 0.6 is 23.4 Å². The Morgan fingerprint density at radius 2 is 2.03 bits per heavy atom. The molecule has 0 spiro atoms. The maximum Gasteiger partial charge on any atom is 0.293 e. The zero-order valence-corrected chi connectivity index (χ0v) is 17.1. The maximum atomic E-state index is 12.5. The standard InChI is InChI=1S/C20H18ClN3O4S/c1-2-28-18-15(4-3-9-23-18)17(25)22-10-11-24-19(26)16(29-20(24)27)12-13-5-7-14(21)8-6-13/h3-9,12H,2,10-11H2,1H3,(H,22,25)/b16-12+. The molecular weight excluding hydrogens is 414 g/mol. The lowest BCUT2D eigenvalue weighted by Crippen LogP contribution is -2.37. The molecule has 0 aliphatic carbocycles. The highest BCUT2D eigenvalue weighted by Gasteiger charge is 2.34. The van der Waals surface area contributed by atoms with Crippen molar-refractivity contribution in [1.29, 1.82) is 0 Å². The number of rotatable bonds is 7. The summed E-state index contributed by atoms with van der Waals surface area (Å²) >= 11 is 6.72. The van der Waals surface area contributed by atoms with Crippen molar-refractivity contribution in [1.82, 2.24) is 15.2 Å². The molecule has 9 heteroatoms. The Hall–Kier alpha value is -2.84. The Morgan fingerprint density at radius 3 is 2.76 bits per heavy atom. The number of ether oxygens (including phenoxy) is 1. The number of halogens is 1. The molecule has 0 bridgehead atoms. The summed E-state index contributed by atoms with van der Waals surface area (Å²) in [4.78, 5) is 42.5. The Bertz CT molecular complexity index is 962. The van der Waals surface area contributed by atoms with Gasteiger partial charge in [0.25, 0.3) is 17.1 Å². The van der Waals surface area contributed by atoms with Gasteiger partial charge in [0.15, 0.2) is 0 Å². The van der Waals surface area contributed by atoms with Crippen LogP contribution in [0.25, 0.3) is 6.08 Å². The summed E-state index contributed by atoms with van der Waals surface area (Å²) in [5.41, 5.74) is 1.07. The molecule has 2 heterocycles. The number of carbonyl (C=O) groups excluding carboxylic acids is 3. The van der Waals surface area contributed by atoms with Crippen molar-refractivity contribution in [2.45, 2.75) is 6.92 Å². The average molecular weight is 432 g/mol. The first kappa shape index (κ1) is 20.9. The number of carbonyl (C=O) groups is 3. The number of aromatic nitrogens is 1. The molecule has 0 atom stereocenters. The van der Waals surface area contributed by atoms with Crippen LogP contribution in [0.5, 0.6) is 5.88 Å². The van der Waals surface area contributed by atoms with Crippen LogP contribution in [0.15, 0.2) is 47.5 Å². The minimum absolute atomic E-state index is 0.0681. The molecule has 1 saturated heterocycles. The number of imide groups is 1. The van der Waals surface area contributed by atoms with Gasteiger partial charge in [-0.2, -0.15) is 0 Å². The maximum absolute atomic E-state index is 12.5. The molecule has 150 valence electrons. The fourth-order valence-corrected chi connectivity index (χ4v) is 3.59. The van der Waals surface area contributed by atoms with Gasteiger partial charge in [0.1, 0.15) is 5.56 Å². The molecule has 7 nitrogen and oxygen atoms in total. The molecule has 29 heavy (non-hydrogen) atoms. The van der Waals surface area contributed by atoms with Gasteiger partial charge in [0.2, 0.25) is 5.88 Å². The highest BCUT2D eigenvalue weighted by molar-refractivity contribution is 8.18. The van der Waals surface area contributed by atoms with E-state index >= 15 is 0 Å². The smallest absolute Gasteiger partial charge is 0.293 e. The largest absolute Gasteiger partial charge is 0.477 e. The number of hydrogen-bond donors (Lipinski definition) is 1. The lowest BCUT2D eigenvalue weighted by Gasteiger charge is -2.13. The third-order valence-electron chi connectivity index (χ3n) is 3.96. The Morgan fingerprint density at radius 1 is 1.28 bits per heavy atom. The predicted molar refractivity (Wildman–Crippen MR) is 112 cm³/mol. The summed E-state index contributed by atoms with van der Waals surface area (Å²) in [7, 11) is 0. The molecule has 3 rings (SSSR count). The third-order valence-corrected chi connectivity index (χ3v) is 5.12. The van der Waals surface area contributed by atoms with Crippen molar-refractivity contribution in [2.24, 2.45) is 0 Å². The first-order valence-corrected chi connectivity index (χ1v) is 10.1. The molecule has 1 aliphatic rings. The number of pyridine rings is 1. The van der Waals surface area contributed by atoms with E-state index in [4.69, 9.17) is 16.3 Å². The summed E-state index contributed by atoms with van der Waals surface area (Å²) in [5, 5.41) is 2.90. The highest BCUT2D eigenvalue weighted by Crippen LogP contribution is 2.32. The Balaban J connectivity index is 1.60. The van der Waals surface area contributed by atoms with Crippen LogP contribution in [0.4, 0.5) is 4.79 Å². The van der Waals surface area contributed by atoms with Gasteiger partial charge in [-0.05, 0) is 54.6 Å². The van der Waals surface area contributed by atoms with Crippen LogP contribution < -0.4 is 10.1 Å². The van der Waals surface area contributed by atoms with Gasteiger partial charge < -0.3 is 10.1 Å². The van der Waals surface area contributed by atoms with Crippen LogP contribution in [0.3, 0.4) is 0 Å². The van der Waals surface area contributed by atoms with Gasteiger partial charge in [-0.15, -0.1) is 0 Å². The van der Waals surface area contributed by atoms with E-state index in [2.05, 4.69) is 10.3 Å². The van der Waals surface area contributed by atoms with Crippen LogP contribution in [-0.4, -0.2) is 46.6 Å². The highest BCUT2D eigenvalue weighted by atomic mass is 35.5. The van der Waals surface area contributed by atoms with E-state index in [0.717, 1.165) is 22.2 Å². The summed E-state index contributed by atoms with van der Waals surface area (Å²) in [6.07, 6.45) is 3.18. The van der Waals surface area contributed by atoms with Crippen LogP contribution in [0, 0.1) is 0 Å². The summed E-state index contributed by atoms with van der Waals surface area (Å²) in [6, 6.07) is 10.2. The lowest BCUT2D eigenvalue weighted by atomic mass is 10.2. The van der Waals surface area contributed by atoms with Crippen LogP contribution in [0.2, 0.25) is 5.02 Å². The van der Waals surface area contributed by atoms with E-state index in [9.17, 15) is 14.4 Å². The summed E-state index contributed by atoms with van der Waals surface area (Å²) < 4.78 is 5.34. The van der Waals surface area contributed by atoms with Gasteiger partial charge in [-0.1, -0.05) is 23.7 Å². The van der Waals surface area contributed by atoms with E-state index in [-0.39, 0.29) is 36.0 Å². The number of benzene rings is 1. The van der Waals surface area contributed by atoms with E-state index in [1.165, 1.54) is 6.20 Å². The van der Waals surface area contributed by atoms with E-state index < -0.39 is 0 Å². The van der Waals surface area contributed by atoms with Gasteiger partial charge >= 0.3 is 0 Å². The molecule has 0 radical (unpaired) electrons. The minimum atomic E-state index is -0.388. The topological polar surface area (TPSA) is 88.6 Å². The zero-order chi connectivity index (χ0) is 20.8. The third kappa shape index (κ3) is 5.16. The number of nitrogens with zero attached hydrogens (tertiary/aromatic N) is 2. The number of nitrogens with one attached hydrogen (secondary N) is 1. The monoisotopic (exact) mass is 431 g/mol. The lowest BCUT2D eigenvalue weighted by molar-refractivity contribution is -0.122. The van der Waals surface area contributed by atoms with Gasteiger partial charge in [-0.25, -0.2) is 4.98 Å². The summed E-state index contributed by atoms with van der Waals surface area (Å²) in [6.45, 7) is 2.37. The van der Waals surface area contributed by atoms with Crippen molar-refractivity contribution in [3.63, 3.8) is 0 Å². The minimum Gasteiger partial charge on any atom is -0.477 e. The quantitative estimate of drug-likeness (QED) is 0.674.